The van der Waals surface area contributed by atoms with Gasteiger partial charge in [0.25, 0.3) is 0 Å². The molecule has 0 fully saturated rings. The van der Waals surface area contributed by atoms with Gasteiger partial charge in [-0.1, -0.05) is 175 Å². The predicted molar refractivity (Wildman–Crippen MR) is 203 cm³/mol. The van der Waals surface area contributed by atoms with E-state index in [2.05, 4.69) is 87.1 Å². The monoisotopic (exact) mass is 647 g/mol. The van der Waals surface area contributed by atoms with Crippen molar-refractivity contribution < 1.29 is 14.6 Å². The molecule has 2 rings (SSSR count). The molecule has 3 nitrogen and oxygen atoms in total. The summed E-state index contributed by atoms with van der Waals surface area (Å²) in [5.74, 6) is 0.500. The van der Waals surface area contributed by atoms with E-state index in [1.165, 1.54) is 114 Å². The number of ether oxygens (including phenoxy) is 1. The number of carbonyl (C=O) groups is 1. The number of hydrogen-bond donors (Lipinski definition) is 1. The number of esters is 1. The molecule has 0 saturated carbocycles. The molecule has 0 spiro atoms. The Morgan fingerprint density at radius 2 is 1.21 bits per heavy atom. The molecule has 47 heavy (non-hydrogen) atoms. The number of carbonyl (C=O) groups excluding carboxylic acids is 1. The van der Waals surface area contributed by atoms with Gasteiger partial charge in [-0.25, -0.2) is 4.79 Å². The quantitative estimate of drug-likeness (QED) is 0.0635. The van der Waals surface area contributed by atoms with E-state index < -0.39 is 5.97 Å². The predicted octanol–water partition coefficient (Wildman–Crippen LogP) is 13.1. The number of hydrogen-bond acceptors (Lipinski definition) is 3. The van der Waals surface area contributed by atoms with Crippen LogP contribution >= 0.6 is 0 Å². The summed E-state index contributed by atoms with van der Waals surface area (Å²) in [4.78, 5) is 12.4. The number of aromatic hydroxyl groups is 1. The molecule has 0 amide bonds. The molecule has 0 aliphatic rings. The highest BCUT2D eigenvalue weighted by atomic mass is 16.5. The summed E-state index contributed by atoms with van der Waals surface area (Å²) in [5, 5.41) is 11.8. The second-order valence-corrected chi connectivity index (χ2v) is 16.2. The Morgan fingerprint density at radius 3 is 1.66 bits per heavy atom. The van der Waals surface area contributed by atoms with Crippen molar-refractivity contribution in [3.8, 4) is 11.5 Å². The molecule has 2 aromatic carbocycles. The molecule has 0 saturated heterocycles. The third-order valence-corrected chi connectivity index (χ3v) is 9.61. The van der Waals surface area contributed by atoms with E-state index in [9.17, 15) is 9.90 Å². The molecule has 2 aromatic rings. The Labute approximate surface area is 290 Å². The minimum atomic E-state index is -0.467. The zero-order valence-electron chi connectivity index (χ0n) is 32.0. The van der Waals surface area contributed by atoms with E-state index in [0.717, 1.165) is 40.7 Å². The van der Waals surface area contributed by atoms with Crippen LogP contribution in [0.1, 0.15) is 190 Å². The summed E-state index contributed by atoms with van der Waals surface area (Å²) in [6, 6.07) is 6.34. The molecule has 1 N–H and O–H groups in total. The first kappa shape index (κ1) is 40.6. The van der Waals surface area contributed by atoms with E-state index in [0.29, 0.717) is 17.9 Å². The van der Waals surface area contributed by atoms with Gasteiger partial charge in [-0.3, -0.25) is 0 Å². The fourth-order valence-corrected chi connectivity index (χ4v) is 7.04. The van der Waals surface area contributed by atoms with E-state index in [1.807, 2.05) is 0 Å². The molecule has 0 heterocycles. The average Bonchev–Trinajstić information content (AvgIpc) is 2.98. The summed E-state index contributed by atoms with van der Waals surface area (Å²) in [7, 11) is 0. The van der Waals surface area contributed by atoms with Gasteiger partial charge >= 0.3 is 5.97 Å². The number of unbranched alkanes of at least 4 members (excludes halogenated alkanes) is 15. The lowest BCUT2D eigenvalue weighted by molar-refractivity contribution is -0.129. The van der Waals surface area contributed by atoms with E-state index in [-0.39, 0.29) is 10.8 Å². The standard InChI is InChI=1S/C44H70O3/c1-11-13-14-15-16-17-18-19-20-21-22-23-24-25-26-27-28-37-34(4)31-35(41(46)40(37)44(8,9)10)32-36-29-33(3)30-38(43(5,6)7)42(36)47-39(45)12-2/h12,29-31,46H,2,11,13-28,32H2,1,3-10H3. The molecule has 0 aromatic heterocycles. The van der Waals surface area contributed by atoms with Crippen LogP contribution in [0.4, 0.5) is 0 Å². The van der Waals surface area contributed by atoms with Crippen LogP contribution in [0.2, 0.25) is 0 Å². The highest BCUT2D eigenvalue weighted by Crippen LogP contribution is 2.42. The Morgan fingerprint density at radius 1 is 0.723 bits per heavy atom. The maximum atomic E-state index is 12.4. The lowest BCUT2D eigenvalue weighted by atomic mass is 9.78. The highest BCUT2D eigenvalue weighted by molar-refractivity contribution is 5.84. The highest BCUT2D eigenvalue weighted by Gasteiger charge is 2.28. The second kappa shape index (κ2) is 20.1. The van der Waals surface area contributed by atoms with Crippen molar-refractivity contribution in [2.24, 2.45) is 0 Å². The van der Waals surface area contributed by atoms with E-state index in [4.69, 9.17) is 4.74 Å². The molecule has 0 bridgehead atoms. The normalized spacial score (nSPS) is 12.0. The number of aryl methyl sites for hydroxylation is 2. The third kappa shape index (κ3) is 13.8. The van der Waals surface area contributed by atoms with Crippen LogP contribution in [0, 0.1) is 13.8 Å². The maximum Gasteiger partial charge on any atom is 0.335 e. The van der Waals surface area contributed by atoms with Gasteiger partial charge < -0.3 is 9.84 Å². The van der Waals surface area contributed by atoms with Crippen LogP contribution in [0.3, 0.4) is 0 Å². The minimum absolute atomic E-state index is 0.198. The van der Waals surface area contributed by atoms with Gasteiger partial charge in [0.15, 0.2) is 0 Å². The lowest BCUT2D eigenvalue weighted by Gasteiger charge is -2.28. The second-order valence-electron chi connectivity index (χ2n) is 16.2. The number of rotatable bonds is 21. The van der Waals surface area contributed by atoms with Crippen LogP contribution in [-0.2, 0) is 28.5 Å². The van der Waals surface area contributed by atoms with Crippen LogP contribution in [0.15, 0.2) is 30.9 Å². The topological polar surface area (TPSA) is 46.5 Å². The Bertz CT molecular complexity index is 1250. The van der Waals surface area contributed by atoms with Crippen LogP contribution < -0.4 is 4.74 Å². The van der Waals surface area contributed by atoms with Gasteiger partial charge in [-0.15, -0.1) is 0 Å². The van der Waals surface area contributed by atoms with E-state index in [1.54, 1.807) is 0 Å². The first-order chi connectivity index (χ1) is 22.2. The molecule has 0 aliphatic carbocycles. The summed E-state index contributed by atoms with van der Waals surface area (Å²) in [6.07, 6.45) is 24.6. The fourth-order valence-electron chi connectivity index (χ4n) is 7.04. The molecule has 0 unspecified atom stereocenters. The lowest BCUT2D eigenvalue weighted by Crippen LogP contribution is -2.18. The van der Waals surface area contributed by atoms with Crippen molar-refractivity contribution in [3.63, 3.8) is 0 Å². The first-order valence-electron chi connectivity index (χ1n) is 19.0. The SMILES string of the molecule is C=CC(=O)Oc1c(Cc2cc(C)c(CCCCCCCCCCCCCCCCCC)c(C(C)(C)C)c2O)cc(C)cc1C(C)(C)C. The fraction of sp³-hybridized carbons (Fsp3) is 0.659. The van der Waals surface area contributed by atoms with E-state index >= 15 is 0 Å². The molecular formula is C44H70O3. The number of phenols is 1. The Kier molecular flexibility index (Phi) is 17.4. The van der Waals surface area contributed by atoms with Gasteiger partial charge in [-0.2, -0.15) is 0 Å². The average molecular weight is 647 g/mol. The van der Waals surface area contributed by atoms with Crippen molar-refractivity contribution in [3.05, 3.63) is 69.8 Å². The molecule has 0 atom stereocenters. The Hall–Kier alpha value is -2.55. The smallest absolute Gasteiger partial charge is 0.335 e. The van der Waals surface area contributed by atoms with Crippen molar-refractivity contribution in [2.75, 3.05) is 0 Å². The Balaban J connectivity index is 2.01. The van der Waals surface area contributed by atoms with Gasteiger partial charge in [0.2, 0.25) is 0 Å². The van der Waals surface area contributed by atoms with Crippen molar-refractivity contribution >= 4 is 5.97 Å². The zero-order valence-corrected chi connectivity index (χ0v) is 32.0. The van der Waals surface area contributed by atoms with Gasteiger partial charge in [0.1, 0.15) is 11.5 Å². The van der Waals surface area contributed by atoms with Crippen molar-refractivity contribution in [1.82, 2.24) is 0 Å². The molecular weight excluding hydrogens is 576 g/mol. The number of phenolic OH excluding ortho intramolecular Hbond substituents is 1. The van der Waals surface area contributed by atoms with Gasteiger partial charge in [0.05, 0.1) is 0 Å². The minimum Gasteiger partial charge on any atom is -0.507 e. The summed E-state index contributed by atoms with van der Waals surface area (Å²) < 4.78 is 5.87. The summed E-state index contributed by atoms with van der Waals surface area (Å²) in [5.41, 5.74) is 7.04. The molecule has 0 aliphatic heterocycles. The first-order valence-corrected chi connectivity index (χ1v) is 19.0. The maximum absolute atomic E-state index is 12.4. The van der Waals surface area contributed by atoms with Gasteiger partial charge in [-0.05, 0) is 59.8 Å². The molecule has 0 radical (unpaired) electrons. The van der Waals surface area contributed by atoms with Crippen LogP contribution in [-0.4, -0.2) is 11.1 Å². The largest absolute Gasteiger partial charge is 0.507 e. The summed E-state index contributed by atoms with van der Waals surface area (Å²) in [6.45, 7) is 23.1. The number of benzene rings is 2. The van der Waals surface area contributed by atoms with Crippen molar-refractivity contribution in [1.29, 1.82) is 0 Å². The van der Waals surface area contributed by atoms with Crippen molar-refractivity contribution in [2.45, 2.75) is 189 Å². The van der Waals surface area contributed by atoms with Crippen LogP contribution in [0.25, 0.3) is 0 Å². The van der Waals surface area contributed by atoms with Gasteiger partial charge in [0, 0.05) is 23.6 Å². The van der Waals surface area contributed by atoms with Crippen LogP contribution in [0.5, 0.6) is 11.5 Å². The summed E-state index contributed by atoms with van der Waals surface area (Å²) >= 11 is 0. The molecule has 264 valence electrons. The zero-order chi connectivity index (χ0) is 35.0. The molecule has 3 heteroatoms. The third-order valence-electron chi connectivity index (χ3n) is 9.61.